The number of nitrogens with one attached hydrogen (secondary N) is 2. The van der Waals surface area contributed by atoms with Crippen LogP contribution in [0.1, 0.15) is 28.6 Å². The summed E-state index contributed by atoms with van der Waals surface area (Å²) in [6.07, 6.45) is 0. The molecule has 4 aromatic rings. The number of anilines is 1. The van der Waals surface area contributed by atoms with Gasteiger partial charge in [0.15, 0.2) is 0 Å². The fraction of sp³-hybridized carbons (Fsp3) is 0.200. The molecule has 0 saturated carbocycles. The zero-order valence-electron chi connectivity index (χ0n) is 17.5. The lowest BCUT2D eigenvalue weighted by atomic mass is 10.1. The molecule has 3 aromatic carbocycles. The van der Waals surface area contributed by atoms with Crippen LogP contribution in [0.3, 0.4) is 0 Å². The van der Waals surface area contributed by atoms with Crippen molar-refractivity contribution >= 4 is 22.6 Å². The molecule has 1 unspecified atom stereocenters. The summed E-state index contributed by atoms with van der Waals surface area (Å²) < 4.78 is 2.06. The predicted octanol–water partition coefficient (Wildman–Crippen LogP) is 4.66. The molecule has 2 N–H and O–H groups in total. The van der Waals surface area contributed by atoms with Gasteiger partial charge in [-0.15, -0.1) is 0 Å². The lowest BCUT2D eigenvalue weighted by Crippen LogP contribution is -2.33. The minimum Gasteiger partial charge on any atom is -0.330 e. The molecular formula is C25H26N4O. The van der Waals surface area contributed by atoms with Crippen molar-refractivity contribution in [3.63, 3.8) is 0 Å². The average Bonchev–Trinajstić information content (AvgIpc) is 3.04. The number of aryl methyl sites for hydroxylation is 3. The number of rotatable bonds is 6. The fourth-order valence-corrected chi connectivity index (χ4v) is 3.82. The molecule has 0 saturated heterocycles. The topological polar surface area (TPSA) is 59.0 Å². The number of fused-ring (bicyclic) bond motifs is 1. The maximum Gasteiger partial charge on any atom is 0.246 e. The number of carbonyl (C=O) groups is 1. The molecule has 0 spiro atoms. The number of amides is 1. The molecular weight excluding hydrogens is 372 g/mol. The summed E-state index contributed by atoms with van der Waals surface area (Å²) in [6.45, 7) is 4.54. The van der Waals surface area contributed by atoms with Gasteiger partial charge in [-0.1, -0.05) is 48.5 Å². The van der Waals surface area contributed by atoms with Crippen LogP contribution >= 0.6 is 0 Å². The van der Waals surface area contributed by atoms with Gasteiger partial charge in [-0.3, -0.25) is 10.1 Å². The average molecular weight is 399 g/mol. The van der Waals surface area contributed by atoms with Crippen molar-refractivity contribution in [3.05, 3.63) is 95.3 Å². The predicted molar refractivity (Wildman–Crippen MR) is 121 cm³/mol. The molecule has 4 rings (SSSR count). The first-order valence-electron chi connectivity index (χ1n) is 10.1. The van der Waals surface area contributed by atoms with Crippen LogP contribution in [0.15, 0.2) is 72.8 Å². The van der Waals surface area contributed by atoms with Crippen molar-refractivity contribution in [2.24, 2.45) is 7.05 Å². The van der Waals surface area contributed by atoms with E-state index in [1.807, 2.05) is 87.6 Å². The van der Waals surface area contributed by atoms with Gasteiger partial charge < -0.3 is 9.88 Å². The maximum atomic E-state index is 13.2. The van der Waals surface area contributed by atoms with Gasteiger partial charge in [0, 0.05) is 12.7 Å². The van der Waals surface area contributed by atoms with E-state index in [0.717, 1.165) is 39.2 Å². The Morgan fingerprint density at radius 1 is 0.967 bits per heavy atom. The highest BCUT2D eigenvalue weighted by Crippen LogP contribution is 2.20. The summed E-state index contributed by atoms with van der Waals surface area (Å²) in [6, 6.07) is 23.4. The monoisotopic (exact) mass is 398 g/mol. The molecule has 1 amide bonds. The molecule has 1 aromatic heterocycles. The fourth-order valence-electron chi connectivity index (χ4n) is 3.82. The first kappa shape index (κ1) is 19.9. The van der Waals surface area contributed by atoms with Gasteiger partial charge in [0.1, 0.15) is 11.9 Å². The Labute approximate surface area is 176 Å². The lowest BCUT2D eigenvalue weighted by molar-refractivity contribution is -0.118. The quantitative estimate of drug-likeness (QED) is 0.497. The normalized spacial score (nSPS) is 12.1. The molecule has 1 atom stereocenters. The number of hydrogen-bond donors (Lipinski definition) is 2. The summed E-state index contributed by atoms with van der Waals surface area (Å²) in [4.78, 5) is 17.9. The van der Waals surface area contributed by atoms with E-state index < -0.39 is 6.04 Å². The van der Waals surface area contributed by atoms with Crippen LogP contribution in [0.25, 0.3) is 11.0 Å². The van der Waals surface area contributed by atoms with Crippen LogP contribution in [0, 0.1) is 13.8 Å². The number of carbonyl (C=O) groups excluding carboxylic acids is 1. The lowest BCUT2D eigenvalue weighted by Gasteiger charge is -2.19. The van der Waals surface area contributed by atoms with Crippen molar-refractivity contribution in [3.8, 4) is 0 Å². The van der Waals surface area contributed by atoms with Gasteiger partial charge in [-0.2, -0.15) is 0 Å². The molecule has 30 heavy (non-hydrogen) atoms. The van der Waals surface area contributed by atoms with E-state index in [4.69, 9.17) is 4.98 Å². The SMILES string of the molecule is Cc1cc(C)cc(NC(=O)C(NCc2nc3ccccc3n2C)c2ccccc2)c1. The van der Waals surface area contributed by atoms with Gasteiger partial charge in [0.2, 0.25) is 5.91 Å². The van der Waals surface area contributed by atoms with Crippen molar-refractivity contribution in [1.82, 2.24) is 14.9 Å². The molecule has 5 heteroatoms. The number of aromatic nitrogens is 2. The van der Waals surface area contributed by atoms with Crippen LogP contribution in [0.2, 0.25) is 0 Å². The van der Waals surface area contributed by atoms with Crippen LogP contribution in [0.4, 0.5) is 5.69 Å². The smallest absolute Gasteiger partial charge is 0.246 e. The Kier molecular flexibility index (Phi) is 5.63. The number of hydrogen-bond acceptors (Lipinski definition) is 3. The first-order chi connectivity index (χ1) is 14.5. The summed E-state index contributed by atoms with van der Waals surface area (Å²) in [5, 5.41) is 6.48. The molecule has 5 nitrogen and oxygen atoms in total. The standard InChI is InChI=1S/C25H26N4O/c1-17-13-18(2)15-20(14-17)27-25(30)24(19-9-5-4-6-10-19)26-16-23-28-21-11-7-8-12-22(21)29(23)3/h4-15,24,26H,16H2,1-3H3,(H,27,30). The number of benzene rings is 3. The van der Waals surface area contributed by atoms with Crippen molar-refractivity contribution in [2.75, 3.05) is 5.32 Å². The Balaban J connectivity index is 1.58. The van der Waals surface area contributed by atoms with Gasteiger partial charge in [-0.05, 0) is 54.8 Å². The molecule has 0 aliphatic carbocycles. The Hall–Kier alpha value is -3.44. The van der Waals surface area contributed by atoms with Crippen molar-refractivity contribution in [1.29, 1.82) is 0 Å². The van der Waals surface area contributed by atoms with Crippen LogP contribution in [-0.2, 0) is 18.4 Å². The first-order valence-corrected chi connectivity index (χ1v) is 10.1. The van der Waals surface area contributed by atoms with E-state index in [0.29, 0.717) is 6.54 Å². The van der Waals surface area contributed by atoms with Gasteiger partial charge in [0.25, 0.3) is 0 Å². The number of para-hydroxylation sites is 2. The Morgan fingerprint density at radius 3 is 2.33 bits per heavy atom. The van der Waals surface area contributed by atoms with Gasteiger partial charge >= 0.3 is 0 Å². The third-order valence-corrected chi connectivity index (χ3v) is 5.23. The molecule has 1 heterocycles. The van der Waals surface area contributed by atoms with E-state index in [1.165, 1.54) is 0 Å². The summed E-state index contributed by atoms with van der Waals surface area (Å²) in [5.74, 6) is 0.793. The van der Waals surface area contributed by atoms with Crippen LogP contribution in [-0.4, -0.2) is 15.5 Å². The number of imidazole rings is 1. The van der Waals surface area contributed by atoms with E-state index in [2.05, 4.69) is 21.3 Å². The molecule has 0 radical (unpaired) electrons. The summed E-state index contributed by atoms with van der Waals surface area (Å²) in [5.41, 5.74) is 5.99. The number of nitrogens with zero attached hydrogens (tertiary/aromatic N) is 2. The second-order valence-corrected chi connectivity index (χ2v) is 7.67. The Bertz CT molecular complexity index is 1160. The second kappa shape index (κ2) is 8.51. The van der Waals surface area contributed by atoms with E-state index in [9.17, 15) is 4.79 Å². The molecule has 0 fully saturated rings. The zero-order valence-corrected chi connectivity index (χ0v) is 17.5. The maximum absolute atomic E-state index is 13.2. The van der Waals surface area contributed by atoms with Crippen molar-refractivity contribution in [2.45, 2.75) is 26.4 Å². The third-order valence-electron chi connectivity index (χ3n) is 5.23. The van der Waals surface area contributed by atoms with E-state index in [1.54, 1.807) is 0 Å². The van der Waals surface area contributed by atoms with E-state index >= 15 is 0 Å². The molecule has 0 bridgehead atoms. The molecule has 152 valence electrons. The zero-order chi connectivity index (χ0) is 21.1. The van der Waals surface area contributed by atoms with E-state index in [-0.39, 0.29) is 5.91 Å². The molecule has 0 aliphatic rings. The summed E-state index contributed by atoms with van der Waals surface area (Å²) >= 11 is 0. The summed E-state index contributed by atoms with van der Waals surface area (Å²) in [7, 11) is 2.00. The largest absolute Gasteiger partial charge is 0.330 e. The van der Waals surface area contributed by atoms with Crippen molar-refractivity contribution < 1.29 is 4.79 Å². The van der Waals surface area contributed by atoms with Crippen LogP contribution in [0.5, 0.6) is 0 Å². The minimum absolute atomic E-state index is 0.0926. The van der Waals surface area contributed by atoms with Gasteiger partial charge in [-0.25, -0.2) is 4.98 Å². The second-order valence-electron chi connectivity index (χ2n) is 7.67. The highest BCUT2D eigenvalue weighted by Gasteiger charge is 2.21. The minimum atomic E-state index is -0.494. The van der Waals surface area contributed by atoms with Gasteiger partial charge in [0.05, 0.1) is 17.6 Å². The highest BCUT2D eigenvalue weighted by atomic mass is 16.2. The highest BCUT2D eigenvalue weighted by molar-refractivity contribution is 5.95. The molecule has 0 aliphatic heterocycles. The Morgan fingerprint density at radius 2 is 1.63 bits per heavy atom. The third kappa shape index (κ3) is 4.26. The van der Waals surface area contributed by atoms with Crippen LogP contribution < -0.4 is 10.6 Å².